The molecule has 2 fully saturated rings. The predicted molar refractivity (Wildman–Crippen MR) is 160 cm³/mol. The SMILES string of the molecule is COc1cc(C(=O)N2CCN(C(=O)c3cc(OC)c(OC)c(OC)c3)[C@@H](COC(=O)N3CCCCC3)C2)cc(OC)c1OC. The van der Waals surface area contributed by atoms with Crippen molar-refractivity contribution in [3.63, 3.8) is 0 Å². The first-order chi connectivity index (χ1) is 21.3. The van der Waals surface area contributed by atoms with Crippen molar-refractivity contribution >= 4 is 17.9 Å². The van der Waals surface area contributed by atoms with E-state index in [2.05, 4.69) is 0 Å². The van der Waals surface area contributed by atoms with Crippen molar-refractivity contribution in [1.29, 1.82) is 0 Å². The molecule has 2 aliphatic rings. The minimum atomic E-state index is -0.630. The van der Waals surface area contributed by atoms with Crippen LogP contribution in [0.25, 0.3) is 0 Å². The van der Waals surface area contributed by atoms with E-state index < -0.39 is 12.1 Å². The molecule has 0 saturated carbocycles. The summed E-state index contributed by atoms with van der Waals surface area (Å²) in [5, 5.41) is 0. The highest BCUT2D eigenvalue weighted by atomic mass is 16.6. The van der Waals surface area contributed by atoms with Crippen molar-refractivity contribution < 1.29 is 47.5 Å². The third kappa shape index (κ3) is 6.81. The summed E-state index contributed by atoms with van der Waals surface area (Å²) in [6, 6.07) is 5.70. The predicted octanol–water partition coefficient (Wildman–Crippen LogP) is 3.33. The summed E-state index contributed by atoms with van der Waals surface area (Å²) in [4.78, 5) is 45.5. The molecule has 1 atom stereocenters. The number of piperazine rings is 1. The van der Waals surface area contributed by atoms with Crippen LogP contribution in [0.15, 0.2) is 24.3 Å². The van der Waals surface area contributed by atoms with Crippen LogP contribution in [0.1, 0.15) is 40.0 Å². The number of hydrogen-bond acceptors (Lipinski definition) is 10. The third-order valence-corrected chi connectivity index (χ3v) is 7.87. The molecule has 0 aliphatic carbocycles. The third-order valence-electron chi connectivity index (χ3n) is 7.87. The second-order valence-corrected chi connectivity index (χ2v) is 10.4. The van der Waals surface area contributed by atoms with Crippen LogP contribution >= 0.6 is 0 Å². The first kappa shape index (κ1) is 32.4. The summed E-state index contributed by atoms with van der Waals surface area (Å²) in [5.74, 6) is 1.46. The molecule has 0 aromatic heterocycles. The van der Waals surface area contributed by atoms with E-state index in [1.54, 1.807) is 39.0 Å². The van der Waals surface area contributed by atoms with Crippen molar-refractivity contribution in [1.82, 2.24) is 14.7 Å². The fourth-order valence-electron chi connectivity index (χ4n) is 5.54. The van der Waals surface area contributed by atoms with Crippen molar-refractivity contribution in [3.05, 3.63) is 35.4 Å². The minimum absolute atomic E-state index is 0.0927. The topological polar surface area (TPSA) is 126 Å². The molecule has 4 rings (SSSR count). The number of ether oxygens (including phenoxy) is 7. The number of amides is 3. The zero-order valence-electron chi connectivity index (χ0n) is 26.2. The molecule has 2 aromatic carbocycles. The summed E-state index contributed by atoms with van der Waals surface area (Å²) in [7, 11) is 8.88. The number of carbonyl (C=O) groups is 3. The van der Waals surface area contributed by atoms with Gasteiger partial charge in [0.2, 0.25) is 11.5 Å². The van der Waals surface area contributed by atoms with Gasteiger partial charge in [0, 0.05) is 43.9 Å². The molecule has 0 N–H and O–H groups in total. The summed E-state index contributed by atoms with van der Waals surface area (Å²) < 4.78 is 38.3. The lowest BCUT2D eigenvalue weighted by molar-refractivity contribution is 0.0170. The fraction of sp³-hybridized carbons (Fsp3) is 0.516. The zero-order chi connectivity index (χ0) is 31.8. The van der Waals surface area contributed by atoms with Crippen LogP contribution in [-0.4, -0.2) is 121 Å². The Hall–Kier alpha value is -4.55. The Morgan fingerprint density at radius 1 is 0.614 bits per heavy atom. The maximum absolute atomic E-state index is 13.9. The van der Waals surface area contributed by atoms with E-state index in [9.17, 15) is 14.4 Å². The zero-order valence-corrected chi connectivity index (χ0v) is 26.2. The van der Waals surface area contributed by atoms with Gasteiger partial charge >= 0.3 is 6.09 Å². The van der Waals surface area contributed by atoms with Gasteiger partial charge in [-0.2, -0.15) is 0 Å². The number of methoxy groups -OCH3 is 6. The summed E-state index contributed by atoms with van der Waals surface area (Å²) >= 11 is 0. The molecule has 0 unspecified atom stereocenters. The van der Waals surface area contributed by atoms with E-state index in [0.29, 0.717) is 58.7 Å². The Labute approximate surface area is 257 Å². The average molecular weight is 616 g/mol. The standard InChI is InChI=1S/C31H41N3O10/c1-38-23-14-20(15-24(39-2)27(23)42-5)29(35)33-12-13-34(22(18-33)19-44-31(37)32-10-8-7-9-11-32)30(36)21-16-25(40-3)28(43-6)26(17-21)41-4/h14-17,22H,7-13,18-19H2,1-6H3/t22-/m1/s1. The second-order valence-electron chi connectivity index (χ2n) is 10.4. The van der Waals surface area contributed by atoms with Gasteiger partial charge in [-0.25, -0.2) is 4.79 Å². The van der Waals surface area contributed by atoms with E-state index in [1.165, 1.54) is 42.7 Å². The summed E-state index contributed by atoms with van der Waals surface area (Å²) in [6.07, 6.45) is 2.47. The molecule has 3 amide bonds. The number of rotatable bonds is 10. The maximum Gasteiger partial charge on any atom is 0.409 e. The normalized spacial score (nSPS) is 16.6. The molecule has 2 aromatic rings. The van der Waals surface area contributed by atoms with Crippen molar-refractivity contribution in [2.24, 2.45) is 0 Å². The molecule has 0 bridgehead atoms. The quantitative estimate of drug-likeness (QED) is 0.393. The van der Waals surface area contributed by atoms with Crippen molar-refractivity contribution in [2.45, 2.75) is 25.3 Å². The van der Waals surface area contributed by atoms with Crippen LogP contribution < -0.4 is 28.4 Å². The highest BCUT2D eigenvalue weighted by Crippen LogP contribution is 2.40. The number of nitrogens with zero attached hydrogens (tertiary/aromatic N) is 3. The van der Waals surface area contributed by atoms with Gasteiger partial charge in [-0.1, -0.05) is 0 Å². The van der Waals surface area contributed by atoms with Crippen LogP contribution in [0.4, 0.5) is 4.79 Å². The first-order valence-electron chi connectivity index (χ1n) is 14.4. The van der Waals surface area contributed by atoms with Gasteiger partial charge in [-0.05, 0) is 43.5 Å². The van der Waals surface area contributed by atoms with Gasteiger partial charge in [-0.3, -0.25) is 9.59 Å². The minimum Gasteiger partial charge on any atom is -0.493 e. The van der Waals surface area contributed by atoms with Gasteiger partial charge in [0.25, 0.3) is 11.8 Å². The van der Waals surface area contributed by atoms with Crippen LogP contribution in [0, 0.1) is 0 Å². The average Bonchev–Trinajstić information content (AvgIpc) is 3.08. The Kier molecular flexibility index (Phi) is 10.9. The van der Waals surface area contributed by atoms with Gasteiger partial charge < -0.3 is 47.9 Å². The number of likely N-dealkylation sites (tertiary alicyclic amines) is 1. The molecule has 2 aliphatic heterocycles. The van der Waals surface area contributed by atoms with Crippen LogP contribution in [0.5, 0.6) is 34.5 Å². The van der Waals surface area contributed by atoms with E-state index in [1.807, 2.05) is 0 Å². The molecule has 0 radical (unpaired) electrons. The lowest BCUT2D eigenvalue weighted by Crippen LogP contribution is -2.58. The number of hydrogen-bond donors (Lipinski definition) is 0. The lowest BCUT2D eigenvalue weighted by atomic mass is 10.1. The smallest absolute Gasteiger partial charge is 0.409 e. The van der Waals surface area contributed by atoms with Gasteiger partial charge in [0.15, 0.2) is 23.0 Å². The van der Waals surface area contributed by atoms with E-state index in [-0.39, 0.29) is 38.1 Å². The lowest BCUT2D eigenvalue weighted by Gasteiger charge is -2.41. The summed E-state index contributed by atoms with van der Waals surface area (Å²) in [5.41, 5.74) is 0.629. The highest BCUT2D eigenvalue weighted by molar-refractivity contribution is 5.97. The molecule has 13 nitrogen and oxygen atoms in total. The molecule has 2 saturated heterocycles. The Morgan fingerprint density at radius 3 is 1.55 bits per heavy atom. The van der Waals surface area contributed by atoms with Gasteiger partial charge in [-0.15, -0.1) is 0 Å². The van der Waals surface area contributed by atoms with Crippen LogP contribution in [0.3, 0.4) is 0 Å². The highest BCUT2D eigenvalue weighted by Gasteiger charge is 2.36. The number of carbonyl (C=O) groups excluding carboxylic acids is 3. The molecule has 13 heteroatoms. The Bertz CT molecular complexity index is 1290. The Balaban J connectivity index is 1.62. The van der Waals surface area contributed by atoms with Gasteiger partial charge in [0.05, 0.1) is 48.7 Å². The van der Waals surface area contributed by atoms with Gasteiger partial charge in [0.1, 0.15) is 6.61 Å². The van der Waals surface area contributed by atoms with Crippen LogP contribution in [0.2, 0.25) is 0 Å². The number of benzene rings is 2. The number of piperidine rings is 1. The van der Waals surface area contributed by atoms with E-state index in [4.69, 9.17) is 33.2 Å². The fourth-order valence-corrected chi connectivity index (χ4v) is 5.54. The molecular weight excluding hydrogens is 574 g/mol. The molecule has 240 valence electrons. The first-order valence-corrected chi connectivity index (χ1v) is 14.4. The summed E-state index contributed by atoms with van der Waals surface area (Å²) in [6.45, 7) is 1.72. The molecule has 44 heavy (non-hydrogen) atoms. The largest absolute Gasteiger partial charge is 0.493 e. The molecule has 0 spiro atoms. The maximum atomic E-state index is 13.9. The molecular formula is C31H41N3O10. The van der Waals surface area contributed by atoms with Crippen molar-refractivity contribution in [2.75, 3.05) is 82.0 Å². The second kappa shape index (κ2) is 14.8. The Morgan fingerprint density at radius 2 is 1.09 bits per heavy atom. The molecule has 2 heterocycles. The van der Waals surface area contributed by atoms with E-state index >= 15 is 0 Å². The van der Waals surface area contributed by atoms with E-state index in [0.717, 1.165) is 19.3 Å². The van der Waals surface area contributed by atoms with Crippen LogP contribution in [-0.2, 0) is 4.74 Å². The monoisotopic (exact) mass is 615 g/mol. The van der Waals surface area contributed by atoms with Crippen molar-refractivity contribution in [3.8, 4) is 34.5 Å².